The van der Waals surface area contributed by atoms with Crippen LogP contribution in [0.4, 0.5) is 21.0 Å². The molecule has 320 valence electrons. The molecule has 15 nitrogen and oxygen atoms in total. The fourth-order valence-corrected chi connectivity index (χ4v) is 7.37. The van der Waals surface area contributed by atoms with E-state index >= 15 is 0 Å². The van der Waals surface area contributed by atoms with Crippen molar-refractivity contribution >= 4 is 35.4 Å². The molecular weight excluding hydrogens is 767 g/mol. The van der Waals surface area contributed by atoms with Gasteiger partial charge in [0, 0.05) is 62.0 Å². The van der Waals surface area contributed by atoms with Crippen molar-refractivity contribution in [3.8, 4) is 22.5 Å². The van der Waals surface area contributed by atoms with Crippen LogP contribution in [0, 0.1) is 11.8 Å². The van der Waals surface area contributed by atoms with Crippen molar-refractivity contribution in [2.24, 2.45) is 11.8 Å². The number of nitrogens with zero attached hydrogens (tertiary/aromatic N) is 3. The van der Waals surface area contributed by atoms with Crippen LogP contribution in [-0.2, 0) is 25.5 Å². The number of aromatic amines is 1. The molecule has 2 heterocycles. The number of benzene rings is 3. The van der Waals surface area contributed by atoms with Crippen molar-refractivity contribution in [3.05, 3.63) is 88.9 Å². The fraction of sp³-hybridized carbons (Fsp3) is 0.467. The number of H-pyrrole nitrogens is 1. The summed E-state index contributed by atoms with van der Waals surface area (Å²) >= 11 is 0. The SMILES string of the molecule is CC(C)(C)OC(=O)NCC1CCC(C(=O)NC(Cc2ccc(-c3ccc(N4CCN(C(=O)OC(C)(C)C)CC4)cc3)cc2)C(=O)Nc2ccc(-c3noc(=O)[nH]3)cc2)CC1. The quantitative estimate of drug-likeness (QED) is 0.126. The summed E-state index contributed by atoms with van der Waals surface area (Å²) in [5, 5.41) is 12.6. The van der Waals surface area contributed by atoms with Gasteiger partial charge in [0.15, 0.2) is 5.82 Å². The number of amides is 4. The van der Waals surface area contributed by atoms with Gasteiger partial charge in [-0.05, 0) is 126 Å². The van der Waals surface area contributed by atoms with Crippen molar-refractivity contribution < 1.29 is 33.2 Å². The molecule has 15 heteroatoms. The molecule has 60 heavy (non-hydrogen) atoms. The summed E-state index contributed by atoms with van der Waals surface area (Å²) in [5.41, 5.74) is 4.01. The summed E-state index contributed by atoms with van der Waals surface area (Å²) < 4.78 is 15.5. The number of ether oxygens (including phenoxy) is 2. The second-order valence-electron chi connectivity index (χ2n) is 17.6. The zero-order valence-corrected chi connectivity index (χ0v) is 35.3. The van der Waals surface area contributed by atoms with Gasteiger partial charge in [-0.15, -0.1) is 0 Å². The number of piperazine rings is 1. The highest BCUT2D eigenvalue weighted by atomic mass is 16.6. The minimum Gasteiger partial charge on any atom is -0.444 e. The first-order valence-corrected chi connectivity index (χ1v) is 20.6. The Labute approximate surface area is 350 Å². The third-order valence-electron chi connectivity index (χ3n) is 10.5. The lowest BCUT2D eigenvalue weighted by Gasteiger charge is -2.36. The van der Waals surface area contributed by atoms with Gasteiger partial charge in [0.25, 0.3) is 0 Å². The average Bonchev–Trinajstić information content (AvgIpc) is 3.65. The molecular formula is C45H57N7O8. The van der Waals surface area contributed by atoms with E-state index in [1.165, 1.54) is 0 Å². The summed E-state index contributed by atoms with van der Waals surface area (Å²) in [5.74, 6) is -0.972. The summed E-state index contributed by atoms with van der Waals surface area (Å²) in [6.07, 6.45) is 2.34. The van der Waals surface area contributed by atoms with Crippen LogP contribution in [0.15, 0.2) is 82.1 Å². The van der Waals surface area contributed by atoms with Gasteiger partial charge in [0.1, 0.15) is 17.2 Å². The highest BCUT2D eigenvalue weighted by molar-refractivity contribution is 5.97. The monoisotopic (exact) mass is 823 g/mol. The van der Waals surface area contributed by atoms with E-state index in [0.717, 1.165) is 35.2 Å². The minimum absolute atomic E-state index is 0.179. The lowest BCUT2D eigenvalue weighted by Crippen LogP contribution is -2.50. The molecule has 3 aromatic carbocycles. The molecule has 1 aliphatic carbocycles. The number of hydrogen-bond acceptors (Lipinski definition) is 10. The molecule has 0 spiro atoms. The Bertz CT molecular complexity index is 2140. The van der Waals surface area contributed by atoms with E-state index in [1.54, 1.807) is 29.2 Å². The maximum atomic E-state index is 13.9. The number of carbonyl (C=O) groups excluding carboxylic acids is 4. The van der Waals surface area contributed by atoms with E-state index in [9.17, 15) is 24.0 Å². The van der Waals surface area contributed by atoms with Gasteiger partial charge in [-0.25, -0.2) is 14.4 Å². The minimum atomic E-state index is -0.864. The molecule has 1 saturated heterocycles. The first kappa shape index (κ1) is 43.5. The number of hydrogen-bond donors (Lipinski definition) is 4. The number of rotatable bonds is 11. The summed E-state index contributed by atoms with van der Waals surface area (Å²) in [4.78, 5) is 70.2. The molecule has 2 fully saturated rings. The van der Waals surface area contributed by atoms with Crippen molar-refractivity contribution in [2.75, 3.05) is 42.9 Å². The van der Waals surface area contributed by atoms with Crippen LogP contribution in [0.25, 0.3) is 22.5 Å². The Hall–Kier alpha value is -6.12. The number of carbonyl (C=O) groups is 4. The molecule has 1 aliphatic heterocycles. The van der Waals surface area contributed by atoms with E-state index in [-0.39, 0.29) is 42.0 Å². The zero-order chi connectivity index (χ0) is 43.0. The number of aromatic nitrogens is 2. The van der Waals surface area contributed by atoms with E-state index < -0.39 is 29.1 Å². The lowest BCUT2D eigenvalue weighted by molar-refractivity contribution is -0.130. The van der Waals surface area contributed by atoms with Gasteiger partial charge in [0.05, 0.1) is 0 Å². The predicted octanol–water partition coefficient (Wildman–Crippen LogP) is 6.75. The largest absolute Gasteiger partial charge is 0.444 e. The molecule has 2 aliphatic rings. The Morgan fingerprint density at radius 1 is 0.783 bits per heavy atom. The second kappa shape index (κ2) is 18.9. The Kier molecular flexibility index (Phi) is 13.7. The summed E-state index contributed by atoms with van der Waals surface area (Å²) in [6.45, 7) is 14.2. The smallest absolute Gasteiger partial charge is 0.439 e. The number of nitrogens with one attached hydrogen (secondary N) is 4. The van der Waals surface area contributed by atoms with Gasteiger partial charge in [0.2, 0.25) is 11.8 Å². The van der Waals surface area contributed by atoms with E-state index in [0.29, 0.717) is 56.8 Å². The first-order valence-electron chi connectivity index (χ1n) is 20.6. The maximum Gasteiger partial charge on any atom is 0.439 e. The average molecular weight is 824 g/mol. The summed E-state index contributed by atoms with van der Waals surface area (Å²) in [6, 6.07) is 22.2. The highest BCUT2D eigenvalue weighted by Crippen LogP contribution is 2.30. The van der Waals surface area contributed by atoms with Crippen LogP contribution >= 0.6 is 0 Å². The van der Waals surface area contributed by atoms with Crippen LogP contribution in [-0.4, -0.2) is 89.0 Å². The van der Waals surface area contributed by atoms with Crippen molar-refractivity contribution in [1.82, 2.24) is 25.7 Å². The molecule has 1 aromatic heterocycles. The van der Waals surface area contributed by atoms with Crippen LogP contribution < -0.4 is 26.6 Å². The molecule has 1 atom stereocenters. The maximum absolute atomic E-state index is 13.9. The van der Waals surface area contributed by atoms with Gasteiger partial charge < -0.3 is 35.2 Å². The van der Waals surface area contributed by atoms with Crippen molar-refractivity contribution in [2.45, 2.75) is 90.9 Å². The molecule has 1 saturated carbocycles. The predicted molar refractivity (Wildman–Crippen MR) is 228 cm³/mol. The zero-order valence-electron chi connectivity index (χ0n) is 35.3. The molecule has 0 radical (unpaired) electrons. The molecule has 4 amide bonds. The molecule has 6 rings (SSSR count). The topological polar surface area (TPSA) is 188 Å². The number of alkyl carbamates (subject to hydrolysis) is 1. The summed E-state index contributed by atoms with van der Waals surface area (Å²) in [7, 11) is 0. The molecule has 0 bridgehead atoms. The normalized spacial score (nSPS) is 17.6. The first-order chi connectivity index (χ1) is 28.5. The molecule has 4 aromatic rings. The van der Waals surface area contributed by atoms with E-state index in [1.807, 2.05) is 65.8 Å². The van der Waals surface area contributed by atoms with Crippen LogP contribution in [0.1, 0.15) is 72.8 Å². The Balaban J connectivity index is 1.08. The third-order valence-corrected chi connectivity index (χ3v) is 10.5. The van der Waals surface area contributed by atoms with Crippen LogP contribution in [0.3, 0.4) is 0 Å². The van der Waals surface area contributed by atoms with Gasteiger partial charge >= 0.3 is 17.9 Å². The van der Waals surface area contributed by atoms with Crippen molar-refractivity contribution in [1.29, 1.82) is 0 Å². The van der Waals surface area contributed by atoms with Crippen LogP contribution in [0.5, 0.6) is 0 Å². The molecule has 1 unspecified atom stereocenters. The van der Waals surface area contributed by atoms with E-state index in [2.05, 4.69) is 59.8 Å². The molecule has 4 N–H and O–H groups in total. The van der Waals surface area contributed by atoms with E-state index in [4.69, 9.17) is 9.47 Å². The van der Waals surface area contributed by atoms with Crippen molar-refractivity contribution in [3.63, 3.8) is 0 Å². The standard InChI is InChI=1S/C45H57N7O8/c1-44(2,3)58-41(55)46-28-30-9-13-34(14-10-30)39(53)48-37(40(54)47-35-19-15-33(16-20-35)38-49-42(56)60-50-38)27-29-7-11-31(12-8-29)32-17-21-36(22-18-32)51-23-25-52(26-24-51)43(57)59-45(4,5)6/h7-8,11-12,15-22,30,34,37H,9-10,13-14,23-28H2,1-6H3,(H,46,55)(H,47,54)(H,48,53)(H,49,50,56). The van der Waals surface area contributed by atoms with Gasteiger partial charge in [-0.2, -0.15) is 0 Å². The fourth-order valence-electron chi connectivity index (χ4n) is 7.37. The Morgan fingerprint density at radius 3 is 1.93 bits per heavy atom. The second-order valence-corrected chi connectivity index (χ2v) is 17.6. The Morgan fingerprint density at radius 2 is 1.37 bits per heavy atom. The number of anilines is 2. The lowest BCUT2D eigenvalue weighted by atomic mass is 9.81. The van der Waals surface area contributed by atoms with Gasteiger partial charge in [-0.1, -0.05) is 41.6 Å². The van der Waals surface area contributed by atoms with Gasteiger partial charge in [-0.3, -0.25) is 19.1 Å². The highest BCUT2D eigenvalue weighted by Gasteiger charge is 2.31. The third kappa shape index (κ3) is 12.4. The van der Waals surface area contributed by atoms with Crippen LogP contribution in [0.2, 0.25) is 0 Å².